The molecule has 0 aliphatic heterocycles. The van der Waals surface area contributed by atoms with Gasteiger partial charge in [0.05, 0.1) is 26.4 Å². The van der Waals surface area contributed by atoms with Crippen molar-refractivity contribution in [3.05, 3.63) is 0 Å². The number of carbonyl (C=O) groups excluding carboxylic acids is 4. The third kappa shape index (κ3) is 62.6. The van der Waals surface area contributed by atoms with Crippen LogP contribution in [0.3, 0.4) is 0 Å². The molecule has 3 N–H and O–H groups in total. The Morgan fingerprint density at radius 1 is 0.276 bits per heavy atom. The van der Waals surface area contributed by atoms with Crippen LogP contribution >= 0.6 is 15.6 Å². The molecule has 0 aromatic carbocycles. The highest BCUT2D eigenvalue weighted by Crippen LogP contribution is 2.45. The van der Waals surface area contributed by atoms with E-state index in [4.69, 9.17) is 37.0 Å². The maximum atomic E-state index is 13.0. The molecule has 87 heavy (non-hydrogen) atoms. The lowest BCUT2D eigenvalue weighted by Gasteiger charge is -2.21. The molecule has 0 aromatic heterocycles. The molecule has 0 spiro atoms. The molecule has 0 saturated heterocycles. The summed E-state index contributed by atoms with van der Waals surface area (Å²) in [5, 5.41) is 10.6. The van der Waals surface area contributed by atoms with Gasteiger partial charge in [-0.3, -0.25) is 37.3 Å². The Labute approximate surface area is 530 Å². The third-order valence-electron chi connectivity index (χ3n) is 15.9. The second kappa shape index (κ2) is 62.8. The van der Waals surface area contributed by atoms with Crippen LogP contribution in [-0.2, 0) is 65.4 Å². The van der Waals surface area contributed by atoms with Crippen LogP contribution in [0, 0.1) is 0 Å². The predicted octanol–water partition coefficient (Wildman–Crippen LogP) is 19.5. The van der Waals surface area contributed by atoms with Crippen molar-refractivity contribution in [1.29, 1.82) is 0 Å². The minimum atomic E-state index is -4.95. The van der Waals surface area contributed by atoms with Crippen LogP contribution in [0.2, 0.25) is 0 Å². The SMILES string of the molecule is CCCCCCCCCCCCCCCC(=O)O[C@H](COC(=O)CCCCCCCCCCCCCC)COP(=O)(O)OC[C@@H](O)COP(=O)(O)OC[C@@H](COC(=O)CCCCCCCCCCCC)OC(=O)CCCCCCCCCCCCCC. The summed E-state index contributed by atoms with van der Waals surface area (Å²) >= 11 is 0. The number of ether oxygens (including phenoxy) is 4. The molecule has 0 amide bonds. The monoisotopic (exact) mass is 1280 g/mol. The van der Waals surface area contributed by atoms with Gasteiger partial charge in [0.25, 0.3) is 0 Å². The number of hydrogen-bond donors (Lipinski definition) is 3. The fourth-order valence-electron chi connectivity index (χ4n) is 10.3. The van der Waals surface area contributed by atoms with Crippen LogP contribution in [0.4, 0.5) is 0 Å². The van der Waals surface area contributed by atoms with Gasteiger partial charge in [-0.25, -0.2) is 9.13 Å². The van der Waals surface area contributed by atoms with Gasteiger partial charge in [0.1, 0.15) is 19.3 Å². The van der Waals surface area contributed by atoms with Gasteiger partial charge in [0, 0.05) is 25.7 Å². The van der Waals surface area contributed by atoms with Crippen molar-refractivity contribution in [2.24, 2.45) is 0 Å². The molecule has 0 rings (SSSR count). The summed E-state index contributed by atoms with van der Waals surface area (Å²) in [6.45, 7) is 4.93. The van der Waals surface area contributed by atoms with E-state index in [1.54, 1.807) is 0 Å². The van der Waals surface area contributed by atoms with Gasteiger partial charge >= 0.3 is 39.5 Å². The van der Waals surface area contributed by atoms with E-state index in [2.05, 4.69) is 27.7 Å². The molecule has 2 unspecified atom stereocenters. The summed E-state index contributed by atoms with van der Waals surface area (Å²) in [5.74, 6) is -2.12. The molecular weight excluding hydrogens is 1150 g/mol. The largest absolute Gasteiger partial charge is 0.472 e. The number of hydrogen-bond acceptors (Lipinski definition) is 15. The van der Waals surface area contributed by atoms with Crippen LogP contribution in [0.1, 0.15) is 355 Å². The van der Waals surface area contributed by atoms with Crippen molar-refractivity contribution in [3.63, 3.8) is 0 Å². The van der Waals surface area contributed by atoms with E-state index in [1.165, 1.54) is 186 Å². The number of aliphatic hydroxyl groups excluding tert-OH is 1. The smallest absolute Gasteiger partial charge is 0.462 e. The zero-order chi connectivity index (χ0) is 64.0. The quantitative estimate of drug-likeness (QED) is 0.0222. The molecule has 0 aromatic rings. The third-order valence-corrected chi connectivity index (χ3v) is 17.8. The lowest BCUT2D eigenvalue weighted by molar-refractivity contribution is -0.161. The number of phosphoric ester groups is 2. The Kier molecular flexibility index (Phi) is 61.4. The van der Waals surface area contributed by atoms with Gasteiger partial charge in [-0.15, -0.1) is 0 Å². The van der Waals surface area contributed by atoms with Gasteiger partial charge in [-0.1, -0.05) is 304 Å². The van der Waals surface area contributed by atoms with Gasteiger partial charge in [-0.2, -0.15) is 0 Å². The van der Waals surface area contributed by atoms with Gasteiger partial charge in [-0.05, 0) is 25.7 Å². The van der Waals surface area contributed by atoms with Crippen LogP contribution < -0.4 is 0 Å². The van der Waals surface area contributed by atoms with Gasteiger partial charge < -0.3 is 33.8 Å². The van der Waals surface area contributed by atoms with Crippen molar-refractivity contribution < 1.29 is 80.2 Å². The molecule has 0 saturated carbocycles. The highest BCUT2D eigenvalue weighted by atomic mass is 31.2. The highest BCUT2D eigenvalue weighted by molar-refractivity contribution is 7.47. The summed E-state index contributed by atoms with van der Waals surface area (Å²) in [6, 6.07) is 0. The fourth-order valence-corrected chi connectivity index (χ4v) is 11.9. The van der Waals surface area contributed by atoms with Crippen LogP contribution in [0.15, 0.2) is 0 Å². The van der Waals surface area contributed by atoms with Crippen molar-refractivity contribution >= 4 is 39.5 Å². The lowest BCUT2D eigenvalue weighted by Crippen LogP contribution is -2.30. The molecule has 0 heterocycles. The number of esters is 4. The normalized spacial score (nSPS) is 14.1. The van der Waals surface area contributed by atoms with E-state index in [9.17, 15) is 43.2 Å². The minimum Gasteiger partial charge on any atom is -0.462 e. The standard InChI is InChI=1S/C68H132O17P2/c1-5-9-13-17-21-25-29-32-35-39-43-47-51-55-68(73)85-64(59-79-66(71)53-49-45-41-37-33-30-26-22-18-14-10-6-2)61-83-87(76,77)81-57-62(69)56-80-86(74,75)82-60-63(58-78-65(70)52-48-44-40-36-28-24-20-16-12-8-4)84-67(72)54-50-46-42-38-34-31-27-23-19-15-11-7-3/h62-64,69H,5-61H2,1-4H3,(H,74,75)(H,76,77)/t62-,63+,64+/m0/s1. The molecule has 17 nitrogen and oxygen atoms in total. The Bertz CT molecular complexity index is 1670. The summed E-state index contributed by atoms with van der Waals surface area (Å²) in [7, 11) is -9.89. The van der Waals surface area contributed by atoms with E-state index in [0.717, 1.165) is 89.9 Å². The van der Waals surface area contributed by atoms with Gasteiger partial charge in [0.2, 0.25) is 0 Å². The zero-order valence-corrected chi connectivity index (χ0v) is 57.8. The molecule has 0 aliphatic rings. The van der Waals surface area contributed by atoms with Crippen molar-refractivity contribution in [2.45, 2.75) is 373 Å². The topological polar surface area (TPSA) is 237 Å². The van der Waals surface area contributed by atoms with Crippen molar-refractivity contribution in [1.82, 2.24) is 0 Å². The Morgan fingerprint density at radius 2 is 0.460 bits per heavy atom. The van der Waals surface area contributed by atoms with E-state index < -0.39 is 97.5 Å². The first-order valence-corrected chi connectivity index (χ1v) is 38.8. The Balaban J connectivity index is 5.24. The maximum Gasteiger partial charge on any atom is 0.472 e. The minimum absolute atomic E-state index is 0.108. The van der Waals surface area contributed by atoms with E-state index in [1.807, 2.05) is 0 Å². The summed E-state index contributed by atoms with van der Waals surface area (Å²) in [5.41, 5.74) is 0. The average molecular weight is 1280 g/mol. The zero-order valence-electron chi connectivity index (χ0n) is 56.0. The van der Waals surface area contributed by atoms with Crippen LogP contribution in [0.25, 0.3) is 0 Å². The number of carbonyl (C=O) groups is 4. The first kappa shape index (κ1) is 85.1. The summed E-state index contributed by atoms with van der Waals surface area (Å²) in [4.78, 5) is 72.4. The molecule has 516 valence electrons. The van der Waals surface area contributed by atoms with Crippen molar-refractivity contribution in [2.75, 3.05) is 39.6 Å². The molecule has 19 heteroatoms. The molecule has 0 bridgehead atoms. The molecule has 5 atom stereocenters. The molecular formula is C68H132O17P2. The first-order chi connectivity index (χ1) is 42.2. The number of unbranched alkanes of at least 4 members (excludes halogenated alkanes) is 43. The van der Waals surface area contributed by atoms with Gasteiger partial charge in [0.15, 0.2) is 12.2 Å². The summed E-state index contributed by atoms with van der Waals surface area (Å²) < 4.78 is 68.2. The predicted molar refractivity (Wildman–Crippen MR) is 349 cm³/mol. The second-order valence-electron chi connectivity index (χ2n) is 24.6. The fraction of sp³-hybridized carbons (Fsp3) is 0.941. The highest BCUT2D eigenvalue weighted by Gasteiger charge is 2.30. The Hall–Kier alpha value is -1.94. The lowest BCUT2D eigenvalue weighted by atomic mass is 10.0. The molecule has 0 fully saturated rings. The Morgan fingerprint density at radius 3 is 0.678 bits per heavy atom. The van der Waals surface area contributed by atoms with E-state index in [0.29, 0.717) is 25.7 Å². The second-order valence-corrected chi connectivity index (χ2v) is 27.5. The molecule has 0 radical (unpaired) electrons. The maximum absolute atomic E-state index is 13.0. The van der Waals surface area contributed by atoms with Crippen molar-refractivity contribution in [3.8, 4) is 0 Å². The van der Waals surface area contributed by atoms with E-state index >= 15 is 0 Å². The number of rotatable bonds is 69. The average Bonchev–Trinajstić information content (AvgIpc) is 3.71. The first-order valence-electron chi connectivity index (χ1n) is 35.8. The summed E-state index contributed by atoms with van der Waals surface area (Å²) in [6.07, 6.45) is 49.7. The molecule has 0 aliphatic carbocycles. The van der Waals surface area contributed by atoms with Crippen LogP contribution in [-0.4, -0.2) is 96.7 Å². The van der Waals surface area contributed by atoms with Crippen LogP contribution in [0.5, 0.6) is 0 Å². The number of phosphoric acid groups is 2. The number of aliphatic hydroxyl groups is 1. The van der Waals surface area contributed by atoms with E-state index in [-0.39, 0.29) is 25.7 Å².